The highest BCUT2D eigenvalue weighted by Gasteiger charge is 2.12. The standard InChI is InChI=1S/C22H24N4/c1-3-8-18(9-4-1)16-19-10-7-11-20(17-19)24-22-23-13-12-21(25-22)26-14-5-2-6-15-26/h1,3-4,7-13,17H,2,5-6,14-16H2,(H,23,24,25). The molecule has 0 unspecified atom stereocenters. The van der Waals surface area contributed by atoms with Crippen molar-refractivity contribution in [2.75, 3.05) is 23.3 Å². The van der Waals surface area contributed by atoms with Crippen molar-refractivity contribution in [1.82, 2.24) is 9.97 Å². The van der Waals surface area contributed by atoms with Gasteiger partial charge in [-0.15, -0.1) is 0 Å². The Hall–Kier alpha value is -2.88. The molecule has 0 radical (unpaired) electrons. The average molecular weight is 344 g/mol. The lowest BCUT2D eigenvalue weighted by Gasteiger charge is -2.27. The van der Waals surface area contributed by atoms with Crippen LogP contribution in [-0.2, 0) is 6.42 Å². The van der Waals surface area contributed by atoms with Crippen LogP contribution in [0.4, 0.5) is 17.5 Å². The van der Waals surface area contributed by atoms with Crippen LogP contribution in [0.1, 0.15) is 30.4 Å². The normalized spacial score (nSPS) is 14.2. The van der Waals surface area contributed by atoms with Crippen molar-refractivity contribution in [3.63, 3.8) is 0 Å². The van der Waals surface area contributed by atoms with E-state index in [1.807, 2.05) is 18.3 Å². The van der Waals surface area contributed by atoms with Crippen molar-refractivity contribution < 1.29 is 0 Å². The van der Waals surface area contributed by atoms with Gasteiger partial charge < -0.3 is 10.2 Å². The van der Waals surface area contributed by atoms with E-state index in [0.29, 0.717) is 5.95 Å². The molecule has 26 heavy (non-hydrogen) atoms. The summed E-state index contributed by atoms with van der Waals surface area (Å²) in [4.78, 5) is 11.5. The predicted octanol–water partition coefficient (Wildman–Crippen LogP) is 4.80. The summed E-state index contributed by atoms with van der Waals surface area (Å²) in [6.45, 7) is 2.17. The molecule has 0 atom stereocenters. The maximum atomic E-state index is 4.71. The van der Waals surface area contributed by atoms with Gasteiger partial charge in [0.25, 0.3) is 0 Å². The first-order chi connectivity index (χ1) is 12.9. The summed E-state index contributed by atoms with van der Waals surface area (Å²) in [7, 11) is 0. The predicted molar refractivity (Wildman–Crippen MR) is 107 cm³/mol. The minimum Gasteiger partial charge on any atom is -0.356 e. The van der Waals surface area contributed by atoms with Gasteiger partial charge in [-0.2, -0.15) is 4.98 Å². The fourth-order valence-electron chi connectivity index (χ4n) is 3.43. The van der Waals surface area contributed by atoms with Crippen LogP contribution in [0.5, 0.6) is 0 Å². The van der Waals surface area contributed by atoms with E-state index in [1.54, 1.807) is 0 Å². The van der Waals surface area contributed by atoms with Crippen molar-refractivity contribution in [2.45, 2.75) is 25.7 Å². The molecular formula is C22H24N4. The molecule has 0 bridgehead atoms. The molecule has 0 aliphatic carbocycles. The number of nitrogens with one attached hydrogen (secondary N) is 1. The number of aromatic nitrogens is 2. The van der Waals surface area contributed by atoms with Gasteiger partial charge in [0.05, 0.1) is 0 Å². The zero-order valence-corrected chi connectivity index (χ0v) is 14.9. The third-order valence-corrected chi connectivity index (χ3v) is 4.76. The Balaban J connectivity index is 1.48. The smallest absolute Gasteiger partial charge is 0.229 e. The van der Waals surface area contributed by atoms with Crippen LogP contribution < -0.4 is 10.2 Å². The summed E-state index contributed by atoms with van der Waals surface area (Å²) < 4.78 is 0. The van der Waals surface area contributed by atoms with E-state index in [-0.39, 0.29) is 0 Å². The third-order valence-electron chi connectivity index (χ3n) is 4.76. The SMILES string of the molecule is c1ccc(Cc2cccc(Nc3nccc(N4CCCCC4)n3)c2)cc1. The molecule has 1 fully saturated rings. The Morgan fingerprint density at radius 1 is 0.846 bits per heavy atom. The molecule has 4 nitrogen and oxygen atoms in total. The highest BCUT2D eigenvalue weighted by atomic mass is 15.2. The first-order valence-corrected chi connectivity index (χ1v) is 9.35. The highest BCUT2D eigenvalue weighted by Crippen LogP contribution is 2.21. The molecule has 1 aromatic heterocycles. The van der Waals surface area contributed by atoms with Gasteiger partial charge in [0.2, 0.25) is 5.95 Å². The quantitative estimate of drug-likeness (QED) is 0.722. The molecule has 3 aromatic rings. The van der Waals surface area contributed by atoms with Crippen LogP contribution in [0.15, 0.2) is 66.9 Å². The van der Waals surface area contributed by atoms with Crippen molar-refractivity contribution in [3.8, 4) is 0 Å². The highest BCUT2D eigenvalue weighted by molar-refractivity contribution is 5.56. The number of benzene rings is 2. The number of piperidine rings is 1. The van der Waals surface area contributed by atoms with Gasteiger partial charge in [-0.05, 0) is 55.0 Å². The van der Waals surface area contributed by atoms with Crippen molar-refractivity contribution in [2.24, 2.45) is 0 Å². The Morgan fingerprint density at radius 3 is 2.50 bits per heavy atom. The fraction of sp³-hybridized carbons (Fsp3) is 0.273. The third kappa shape index (κ3) is 4.20. The second-order valence-corrected chi connectivity index (χ2v) is 6.77. The van der Waals surface area contributed by atoms with Crippen LogP contribution in [0.2, 0.25) is 0 Å². The number of hydrogen-bond donors (Lipinski definition) is 1. The van der Waals surface area contributed by atoms with Gasteiger partial charge >= 0.3 is 0 Å². The van der Waals surface area contributed by atoms with Gasteiger partial charge in [0.15, 0.2) is 0 Å². The summed E-state index contributed by atoms with van der Waals surface area (Å²) in [6, 6.07) is 21.0. The lowest BCUT2D eigenvalue weighted by molar-refractivity contribution is 0.573. The second-order valence-electron chi connectivity index (χ2n) is 6.77. The maximum absolute atomic E-state index is 4.71. The van der Waals surface area contributed by atoms with Crippen molar-refractivity contribution in [1.29, 1.82) is 0 Å². The molecule has 2 aromatic carbocycles. The van der Waals surface area contributed by atoms with E-state index in [4.69, 9.17) is 4.98 Å². The van der Waals surface area contributed by atoms with E-state index in [0.717, 1.165) is 31.0 Å². The van der Waals surface area contributed by atoms with E-state index in [1.165, 1.54) is 30.4 Å². The first-order valence-electron chi connectivity index (χ1n) is 9.35. The molecule has 132 valence electrons. The molecule has 1 N–H and O–H groups in total. The van der Waals surface area contributed by atoms with Gasteiger partial charge in [-0.1, -0.05) is 42.5 Å². The molecule has 1 saturated heterocycles. The Kier molecular flexibility index (Phi) is 5.10. The number of rotatable bonds is 5. The van der Waals surface area contributed by atoms with Crippen LogP contribution in [0, 0.1) is 0 Å². The Bertz CT molecular complexity index is 842. The minimum absolute atomic E-state index is 0.657. The van der Waals surface area contributed by atoms with E-state index < -0.39 is 0 Å². The molecule has 1 aliphatic heterocycles. The van der Waals surface area contributed by atoms with Crippen LogP contribution in [-0.4, -0.2) is 23.1 Å². The van der Waals surface area contributed by atoms with Crippen LogP contribution in [0.3, 0.4) is 0 Å². The molecule has 2 heterocycles. The fourth-order valence-corrected chi connectivity index (χ4v) is 3.43. The van der Waals surface area contributed by atoms with E-state index in [9.17, 15) is 0 Å². The zero-order chi connectivity index (χ0) is 17.6. The van der Waals surface area contributed by atoms with Gasteiger partial charge in [-0.3, -0.25) is 0 Å². The molecular weight excluding hydrogens is 320 g/mol. The lowest BCUT2D eigenvalue weighted by atomic mass is 10.0. The molecule has 0 saturated carbocycles. The molecule has 4 heteroatoms. The summed E-state index contributed by atoms with van der Waals surface area (Å²) in [6.07, 6.45) is 6.57. The van der Waals surface area contributed by atoms with Gasteiger partial charge in [0, 0.05) is 25.0 Å². The second kappa shape index (κ2) is 8.00. The lowest BCUT2D eigenvalue weighted by Crippen LogP contribution is -2.30. The average Bonchev–Trinajstić information content (AvgIpc) is 2.70. The van der Waals surface area contributed by atoms with Gasteiger partial charge in [-0.25, -0.2) is 4.98 Å². The van der Waals surface area contributed by atoms with E-state index >= 15 is 0 Å². The summed E-state index contributed by atoms with van der Waals surface area (Å²) in [5.41, 5.74) is 3.61. The summed E-state index contributed by atoms with van der Waals surface area (Å²) in [5.74, 6) is 1.67. The maximum Gasteiger partial charge on any atom is 0.229 e. The van der Waals surface area contributed by atoms with Crippen LogP contribution in [0.25, 0.3) is 0 Å². The first kappa shape index (κ1) is 16.6. The number of anilines is 3. The zero-order valence-electron chi connectivity index (χ0n) is 14.9. The summed E-state index contributed by atoms with van der Waals surface area (Å²) >= 11 is 0. The molecule has 0 spiro atoms. The van der Waals surface area contributed by atoms with Gasteiger partial charge in [0.1, 0.15) is 5.82 Å². The monoisotopic (exact) mass is 344 g/mol. The van der Waals surface area contributed by atoms with Crippen molar-refractivity contribution in [3.05, 3.63) is 78.0 Å². The molecule has 0 amide bonds. The topological polar surface area (TPSA) is 41.1 Å². The Labute approximate surface area is 154 Å². The molecule has 1 aliphatic rings. The summed E-state index contributed by atoms with van der Waals surface area (Å²) in [5, 5.41) is 3.36. The van der Waals surface area contributed by atoms with Crippen molar-refractivity contribution >= 4 is 17.5 Å². The Morgan fingerprint density at radius 2 is 1.65 bits per heavy atom. The van der Waals surface area contributed by atoms with Crippen LogP contribution >= 0.6 is 0 Å². The largest absolute Gasteiger partial charge is 0.356 e. The number of hydrogen-bond acceptors (Lipinski definition) is 4. The molecule has 4 rings (SSSR count). The van der Waals surface area contributed by atoms with E-state index in [2.05, 4.69) is 63.7 Å². The minimum atomic E-state index is 0.657. The number of nitrogens with zero attached hydrogens (tertiary/aromatic N) is 3.